The predicted octanol–water partition coefficient (Wildman–Crippen LogP) is 2.81. The van der Waals surface area contributed by atoms with Gasteiger partial charge in [-0.1, -0.05) is 30.4 Å². The number of pyridine rings is 1. The molecule has 1 aromatic carbocycles. The van der Waals surface area contributed by atoms with Gasteiger partial charge in [0.25, 0.3) is 0 Å². The van der Waals surface area contributed by atoms with Crippen molar-refractivity contribution in [3.05, 3.63) is 41.7 Å². The van der Waals surface area contributed by atoms with Gasteiger partial charge in [-0.05, 0) is 30.9 Å². The lowest BCUT2D eigenvalue weighted by atomic mass is 10.1. The molecule has 17 heavy (non-hydrogen) atoms. The van der Waals surface area contributed by atoms with Gasteiger partial charge >= 0.3 is 0 Å². The third kappa shape index (κ3) is 2.65. The largest absolute Gasteiger partial charge is 0.272 e. The zero-order valence-electron chi connectivity index (χ0n) is 9.77. The van der Waals surface area contributed by atoms with Crippen molar-refractivity contribution in [1.82, 2.24) is 10.4 Å². The van der Waals surface area contributed by atoms with E-state index in [0.29, 0.717) is 4.99 Å². The summed E-state index contributed by atoms with van der Waals surface area (Å²) in [4.78, 5) is 4.95. The van der Waals surface area contributed by atoms with E-state index in [-0.39, 0.29) is 0 Å². The van der Waals surface area contributed by atoms with Gasteiger partial charge in [0, 0.05) is 11.6 Å². The number of benzene rings is 1. The Labute approximate surface area is 106 Å². The Morgan fingerprint density at radius 2 is 2.18 bits per heavy atom. The van der Waals surface area contributed by atoms with Crippen LogP contribution >= 0.6 is 12.2 Å². The Bertz CT molecular complexity index is 590. The maximum absolute atomic E-state index is 4.88. The first-order valence-electron chi connectivity index (χ1n) is 5.32. The van der Waals surface area contributed by atoms with E-state index in [4.69, 9.17) is 12.2 Å². The maximum atomic E-state index is 4.88. The monoisotopic (exact) mass is 243 g/mol. The molecule has 0 radical (unpaired) electrons. The lowest BCUT2D eigenvalue weighted by Gasteiger charge is -2.03. The Kier molecular flexibility index (Phi) is 3.44. The van der Waals surface area contributed by atoms with Crippen molar-refractivity contribution in [2.24, 2.45) is 5.10 Å². The average molecular weight is 243 g/mol. The fourth-order valence-corrected chi connectivity index (χ4v) is 1.73. The molecule has 1 N–H and O–H groups in total. The SMILES string of the molecule is CC(=S)N/N=C/c1nccc2c(C)cccc12. The molecule has 3 nitrogen and oxygen atoms in total. The Morgan fingerprint density at radius 3 is 2.94 bits per heavy atom. The molecular weight excluding hydrogens is 230 g/mol. The topological polar surface area (TPSA) is 37.3 Å². The van der Waals surface area contributed by atoms with Crippen LogP contribution in [0.3, 0.4) is 0 Å². The minimum atomic E-state index is 0.637. The predicted molar refractivity (Wildman–Crippen MR) is 75.5 cm³/mol. The normalized spacial score (nSPS) is 10.9. The van der Waals surface area contributed by atoms with E-state index in [1.807, 2.05) is 18.2 Å². The molecule has 2 rings (SSSR count). The summed E-state index contributed by atoms with van der Waals surface area (Å²) < 4.78 is 0. The Morgan fingerprint density at radius 1 is 1.35 bits per heavy atom. The summed E-state index contributed by atoms with van der Waals surface area (Å²) in [5.74, 6) is 0. The van der Waals surface area contributed by atoms with E-state index in [0.717, 1.165) is 11.1 Å². The highest BCUT2D eigenvalue weighted by molar-refractivity contribution is 7.80. The van der Waals surface area contributed by atoms with Crippen molar-refractivity contribution in [2.45, 2.75) is 13.8 Å². The van der Waals surface area contributed by atoms with Crippen LogP contribution < -0.4 is 5.43 Å². The smallest absolute Gasteiger partial charge is 0.0930 e. The zero-order valence-corrected chi connectivity index (χ0v) is 10.6. The van der Waals surface area contributed by atoms with Crippen molar-refractivity contribution in [2.75, 3.05) is 0 Å². The number of hydrogen-bond acceptors (Lipinski definition) is 3. The van der Waals surface area contributed by atoms with Crippen LogP contribution in [-0.4, -0.2) is 16.2 Å². The van der Waals surface area contributed by atoms with E-state index in [1.165, 1.54) is 10.9 Å². The van der Waals surface area contributed by atoms with Crippen LogP contribution in [0.1, 0.15) is 18.2 Å². The van der Waals surface area contributed by atoms with Gasteiger partial charge in [-0.2, -0.15) is 5.10 Å². The molecule has 4 heteroatoms. The van der Waals surface area contributed by atoms with E-state index < -0.39 is 0 Å². The van der Waals surface area contributed by atoms with Gasteiger partial charge in [-0.15, -0.1) is 0 Å². The van der Waals surface area contributed by atoms with Gasteiger partial charge in [0.15, 0.2) is 0 Å². The summed E-state index contributed by atoms with van der Waals surface area (Å²) in [6, 6.07) is 8.16. The minimum Gasteiger partial charge on any atom is -0.272 e. The van der Waals surface area contributed by atoms with E-state index in [1.54, 1.807) is 19.3 Å². The summed E-state index contributed by atoms with van der Waals surface area (Å²) in [7, 11) is 0. The Hall–Kier alpha value is -1.81. The Balaban J connectivity index is 2.44. The standard InChI is InChI=1S/C13H13N3S/c1-9-4-3-5-12-11(9)6-7-14-13(12)8-15-16-10(2)17/h3-8H,1-2H3,(H,16,17)/b15-8+. The van der Waals surface area contributed by atoms with Crippen LogP contribution in [0, 0.1) is 6.92 Å². The summed E-state index contributed by atoms with van der Waals surface area (Å²) >= 11 is 4.88. The number of rotatable bonds is 2. The lowest BCUT2D eigenvalue weighted by Crippen LogP contribution is -2.10. The van der Waals surface area contributed by atoms with Crippen LogP contribution in [0.25, 0.3) is 10.8 Å². The molecule has 1 heterocycles. The van der Waals surface area contributed by atoms with Crippen LogP contribution in [0.4, 0.5) is 0 Å². The molecule has 0 fully saturated rings. The second kappa shape index (κ2) is 5.01. The van der Waals surface area contributed by atoms with Crippen LogP contribution in [-0.2, 0) is 0 Å². The quantitative estimate of drug-likeness (QED) is 0.500. The van der Waals surface area contributed by atoms with Gasteiger partial charge in [0.1, 0.15) is 0 Å². The summed E-state index contributed by atoms with van der Waals surface area (Å²) in [5, 5.41) is 6.34. The third-order valence-corrected chi connectivity index (χ3v) is 2.56. The van der Waals surface area contributed by atoms with Crippen LogP contribution in [0.15, 0.2) is 35.6 Å². The minimum absolute atomic E-state index is 0.637. The third-order valence-electron chi connectivity index (χ3n) is 2.46. The van der Waals surface area contributed by atoms with Crippen LogP contribution in [0.5, 0.6) is 0 Å². The van der Waals surface area contributed by atoms with Crippen molar-refractivity contribution in [3.63, 3.8) is 0 Å². The highest BCUT2D eigenvalue weighted by atomic mass is 32.1. The fraction of sp³-hybridized carbons (Fsp3) is 0.154. The van der Waals surface area contributed by atoms with Crippen LogP contribution in [0.2, 0.25) is 0 Å². The molecule has 0 unspecified atom stereocenters. The number of hydrazone groups is 1. The second-order valence-corrected chi connectivity index (χ2v) is 4.40. The summed E-state index contributed by atoms with van der Waals surface area (Å²) in [6.45, 7) is 3.87. The van der Waals surface area contributed by atoms with Gasteiger partial charge in [-0.3, -0.25) is 10.4 Å². The molecule has 2 aromatic rings. The molecule has 1 aromatic heterocycles. The molecule has 0 saturated heterocycles. The van der Waals surface area contributed by atoms with Gasteiger partial charge in [-0.25, -0.2) is 0 Å². The molecule has 86 valence electrons. The molecule has 0 aliphatic heterocycles. The average Bonchev–Trinajstić information content (AvgIpc) is 2.30. The van der Waals surface area contributed by atoms with Gasteiger partial charge < -0.3 is 0 Å². The number of hydrogen-bond donors (Lipinski definition) is 1. The first-order chi connectivity index (χ1) is 8.18. The number of fused-ring (bicyclic) bond motifs is 1. The molecular formula is C13H13N3S. The lowest BCUT2D eigenvalue weighted by molar-refractivity contribution is 1.05. The number of thiocarbonyl (C=S) groups is 1. The van der Waals surface area contributed by atoms with E-state index in [9.17, 15) is 0 Å². The molecule has 0 aliphatic rings. The van der Waals surface area contributed by atoms with Crippen molar-refractivity contribution in [3.8, 4) is 0 Å². The number of nitrogens with one attached hydrogen (secondary N) is 1. The molecule has 0 bridgehead atoms. The van der Waals surface area contributed by atoms with Crippen molar-refractivity contribution < 1.29 is 0 Å². The molecule has 0 spiro atoms. The first-order valence-corrected chi connectivity index (χ1v) is 5.73. The number of nitrogens with zero attached hydrogens (tertiary/aromatic N) is 2. The molecule has 0 atom stereocenters. The second-order valence-electron chi connectivity index (χ2n) is 3.79. The van der Waals surface area contributed by atoms with Crippen molar-refractivity contribution >= 4 is 34.2 Å². The highest BCUT2D eigenvalue weighted by Gasteiger charge is 2.01. The first kappa shape index (κ1) is 11.7. The maximum Gasteiger partial charge on any atom is 0.0930 e. The molecule has 0 saturated carbocycles. The van der Waals surface area contributed by atoms with Gasteiger partial charge in [0.05, 0.1) is 16.9 Å². The van der Waals surface area contributed by atoms with Gasteiger partial charge in [0.2, 0.25) is 0 Å². The number of aromatic nitrogens is 1. The highest BCUT2D eigenvalue weighted by Crippen LogP contribution is 2.18. The zero-order chi connectivity index (χ0) is 12.3. The molecule has 0 aliphatic carbocycles. The van der Waals surface area contributed by atoms with E-state index >= 15 is 0 Å². The number of aryl methyl sites for hydroxylation is 1. The van der Waals surface area contributed by atoms with E-state index in [2.05, 4.69) is 28.5 Å². The van der Waals surface area contributed by atoms with Crippen molar-refractivity contribution in [1.29, 1.82) is 0 Å². The summed E-state index contributed by atoms with van der Waals surface area (Å²) in [6.07, 6.45) is 3.48. The fourth-order valence-electron chi connectivity index (χ4n) is 1.67. The summed E-state index contributed by atoms with van der Waals surface area (Å²) in [5.41, 5.74) is 4.81. The molecule has 0 amide bonds.